The van der Waals surface area contributed by atoms with Crippen LogP contribution in [0, 0.1) is 5.82 Å². The van der Waals surface area contributed by atoms with E-state index in [-0.39, 0.29) is 30.0 Å². The fraction of sp³-hybridized carbons (Fsp3) is 0.455. The molecule has 0 saturated carbocycles. The first kappa shape index (κ1) is 16.4. The normalized spacial score (nSPS) is 30.5. The molecule has 0 bridgehead atoms. The van der Waals surface area contributed by atoms with Crippen LogP contribution in [-0.4, -0.2) is 41.8 Å². The molecular weight excluding hydrogens is 329 g/mol. The minimum Gasteiger partial charge on any atom is -0.392 e. The van der Waals surface area contributed by atoms with Gasteiger partial charge in [0, 0.05) is 25.6 Å². The van der Waals surface area contributed by atoms with Crippen LogP contribution in [0.1, 0.15) is 47.1 Å². The summed E-state index contributed by atoms with van der Waals surface area (Å²) in [5, 5.41) is 9.78. The predicted octanol–water partition coefficient (Wildman–Crippen LogP) is 3.41. The summed E-state index contributed by atoms with van der Waals surface area (Å²) in [6.07, 6.45) is 2.46. The van der Waals surface area contributed by atoms with Crippen LogP contribution in [-0.2, 0) is 11.2 Å². The van der Waals surface area contributed by atoms with Crippen LogP contribution in [0.3, 0.4) is 0 Å². The van der Waals surface area contributed by atoms with Crippen LogP contribution in [0.15, 0.2) is 42.5 Å². The Labute approximate surface area is 153 Å². The third kappa shape index (κ3) is 2.86. The smallest absolute Gasteiger partial charge is 0.123 e. The van der Waals surface area contributed by atoms with E-state index in [9.17, 15) is 9.50 Å². The average Bonchev–Trinajstić information content (AvgIpc) is 3.20. The number of hydrogen-bond donors (Lipinski definition) is 1. The van der Waals surface area contributed by atoms with E-state index in [1.54, 1.807) is 12.1 Å². The summed E-state index contributed by atoms with van der Waals surface area (Å²) in [4.78, 5) is 2.29. The molecule has 2 fully saturated rings. The first-order valence-corrected chi connectivity index (χ1v) is 9.59. The molecule has 2 heterocycles. The Bertz CT molecular complexity index is 824. The van der Waals surface area contributed by atoms with Crippen LogP contribution < -0.4 is 0 Å². The van der Waals surface area contributed by atoms with Crippen molar-refractivity contribution in [3.63, 3.8) is 0 Å². The lowest BCUT2D eigenvalue weighted by atomic mass is 9.87. The van der Waals surface area contributed by atoms with E-state index in [0.717, 1.165) is 44.5 Å². The van der Waals surface area contributed by atoms with Gasteiger partial charge in [0.1, 0.15) is 5.82 Å². The molecule has 4 heteroatoms. The van der Waals surface area contributed by atoms with Crippen molar-refractivity contribution in [1.29, 1.82) is 0 Å². The lowest BCUT2D eigenvalue weighted by molar-refractivity contribution is 0.0211. The van der Waals surface area contributed by atoms with Gasteiger partial charge in [-0.1, -0.05) is 30.3 Å². The molecule has 3 aliphatic rings. The number of benzene rings is 2. The highest BCUT2D eigenvalue weighted by Gasteiger charge is 2.41. The number of aliphatic hydroxyl groups excluding tert-OH is 1. The molecule has 0 radical (unpaired) electrons. The quantitative estimate of drug-likeness (QED) is 0.898. The van der Waals surface area contributed by atoms with Crippen LogP contribution >= 0.6 is 0 Å². The first-order valence-electron chi connectivity index (χ1n) is 9.59. The van der Waals surface area contributed by atoms with E-state index < -0.39 is 0 Å². The van der Waals surface area contributed by atoms with Gasteiger partial charge < -0.3 is 9.84 Å². The number of β-amino-alcohol motifs (C(OH)–C–C–N with tert-alkyl or cyclic N) is 1. The minimum atomic E-state index is -0.211. The maximum absolute atomic E-state index is 14.0. The Balaban J connectivity index is 1.49. The van der Waals surface area contributed by atoms with Crippen molar-refractivity contribution in [1.82, 2.24) is 4.90 Å². The summed E-state index contributed by atoms with van der Waals surface area (Å²) in [6, 6.07) is 13.7. The first-order chi connectivity index (χ1) is 12.7. The molecule has 1 aliphatic carbocycles. The van der Waals surface area contributed by atoms with Crippen molar-refractivity contribution >= 4 is 0 Å². The Hall–Kier alpha value is -1.75. The molecule has 2 saturated heterocycles. The second kappa shape index (κ2) is 6.45. The van der Waals surface area contributed by atoms with Crippen LogP contribution in [0.5, 0.6) is 0 Å². The van der Waals surface area contributed by atoms with Gasteiger partial charge in [0.2, 0.25) is 0 Å². The van der Waals surface area contributed by atoms with Crippen LogP contribution in [0.4, 0.5) is 4.39 Å². The summed E-state index contributed by atoms with van der Waals surface area (Å²) in [7, 11) is 0. The van der Waals surface area contributed by atoms with E-state index >= 15 is 0 Å². The third-order valence-electron chi connectivity index (χ3n) is 6.18. The molecule has 0 amide bonds. The van der Waals surface area contributed by atoms with Gasteiger partial charge in [-0.05, 0) is 53.6 Å². The van der Waals surface area contributed by atoms with Gasteiger partial charge in [-0.3, -0.25) is 4.90 Å². The number of halogens is 1. The summed E-state index contributed by atoms with van der Waals surface area (Å²) in [5.74, 6) is 0.0787. The maximum atomic E-state index is 14.0. The molecule has 3 nitrogen and oxygen atoms in total. The monoisotopic (exact) mass is 353 g/mol. The zero-order valence-electron chi connectivity index (χ0n) is 14.8. The van der Waals surface area contributed by atoms with Crippen molar-refractivity contribution in [2.24, 2.45) is 0 Å². The number of nitrogens with zero attached hydrogens (tertiary/aromatic N) is 1. The number of hydrogen-bond acceptors (Lipinski definition) is 3. The average molecular weight is 353 g/mol. The second-order valence-electron chi connectivity index (χ2n) is 7.94. The van der Waals surface area contributed by atoms with Crippen molar-refractivity contribution < 1.29 is 14.2 Å². The van der Waals surface area contributed by atoms with E-state index in [0.29, 0.717) is 0 Å². The molecule has 1 unspecified atom stereocenters. The topological polar surface area (TPSA) is 32.7 Å². The second-order valence-corrected chi connectivity index (χ2v) is 7.94. The SMILES string of the molecule is OC1CCN(C[C@@H]2C[C@H]3c4ccccc4Cc4ccc(F)cc4[C@@H]3O2)C1. The summed E-state index contributed by atoms with van der Waals surface area (Å²) < 4.78 is 20.5. The lowest BCUT2D eigenvalue weighted by Crippen LogP contribution is -2.31. The van der Waals surface area contributed by atoms with Gasteiger partial charge in [0.25, 0.3) is 0 Å². The van der Waals surface area contributed by atoms with E-state index in [1.807, 2.05) is 6.07 Å². The van der Waals surface area contributed by atoms with E-state index in [1.165, 1.54) is 16.7 Å². The number of rotatable bonds is 2. The Morgan fingerprint density at radius 2 is 1.96 bits per heavy atom. The number of ether oxygens (including phenoxy) is 1. The highest BCUT2D eigenvalue weighted by molar-refractivity contribution is 5.45. The van der Waals surface area contributed by atoms with E-state index in [4.69, 9.17) is 4.74 Å². The fourth-order valence-electron chi connectivity index (χ4n) is 4.98. The molecule has 26 heavy (non-hydrogen) atoms. The molecule has 0 aromatic heterocycles. The van der Waals surface area contributed by atoms with Crippen molar-refractivity contribution in [3.05, 3.63) is 70.5 Å². The Kier molecular flexibility index (Phi) is 4.07. The highest BCUT2D eigenvalue weighted by atomic mass is 19.1. The molecule has 2 aliphatic heterocycles. The van der Waals surface area contributed by atoms with Crippen molar-refractivity contribution in [2.45, 2.75) is 43.5 Å². The van der Waals surface area contributed by atoms with Gasteiger partial charge in [-0.25, -0.2) is 4.39 Å². The third-order valence-corrected chi connectivity index (χ3v) is 6.18. The van der Waals surface area contributed by atoms with Crippen LogP contribution in [0.2, 0.25) is 0 Å². The molecule has 1 N–H and O–H groups in total. The van der Waals surface area contributed by atoms with Crippen molar-refractivity contribution in [3.8, 4) is 0 Å². The zero-order valence-corrected chi connectivity index (χ0v) is 14.8. The fourth-order valence-corrected chi connectivity index (χ4v) is 4.98. The van der Waals surface area contributed by atoms with Crippen LogP contribution in [0.25, 0.3) is 0 Å². The van der Waals surface area contributed by atoms with Gasteiger partial charge in [-0.15, -0.1) is 0 Å². The molecule has 2 aromatic carbocycles. The predicted molar refractivity (Wildman–Crippen MR) is 97.7 cm³/mol. The highest BCUT2D eigenvalue weighted by Crippen LogP contribution is 2.49. The van der Waals surface area contributed by atoms with Gasteiger partial charge in [0.05, 0.1) is 18.3 Å². The van der Waals surface area contributed by atoms with Gasteiger partial charge >= 0.3 is 0 Å². The summed E-state index contributed by atoms with van der Waals surface area (Å²) in [5.41, 5.74) is 4.85. The summed E-state index contributed by atoms with van der Waals surface area (Å²) >= 11 is 0. The molecule has 136 valence electrons. The van der Waals surface area contributed by atoms with Gasteiger partial charge in [0.15, 0.2) is 0 Å². The minimum absolute atomic E-state index is 0.0816. The standard InChI is InChI=1S/C22H24FNO2/c23-16-6-5-15-9-14-3-1-2-4-19(14)21-11-18(26-22(21)20(15)10-16)13-24-8-7-17(25)12-24/h1-6,10,17-18,21-22,25H,7-9,11-13H2/t17?,18-,21-,22-/m0/s1. The lowest BCUT2D eigenvalue weighted by Gasteiger charge is -2.21. The van der Waals surface area contributed by atoms with E-state index in [2.05, 4.69) is 29.2 Å². The Morgan fingerprint density at radius 1 is 1.12 bits per heavy atom. The maximum Gasteiger partial charge on any atom is 0.123 e. The van der Waals surface area contributed by atoms with Gasteiger partial charge in [-0.2, -0.15) is 0 Å². The molecule has 0 spiro atoms. The molecule has 4 atom stereocenters. The summed E-state index contributed by atoms with van der Waals surface area (Å²) in [6.45, 7) is 2.51. The number of aliphatic hydroxyl groups is 1. The van der Waals surface area contributed by atoms with Crippen molar-refractivity contribution in [2.75, 3.05) is 19.6 Å². The Morgan fingerprint density at radius 3 is 2.81 bits per heavy atom. The zero-order chi connectivity index (χ0) is 17.7. The molecule has 2 aromatic rings. The largest absolute Gasteiger partial charge is 0.392 e. The molecule has 5 rings (SSSR count). The molecular formula is C22H24FNO2. The number of likely N-dealkylation sites (tertiary alicyclic amines) is 1. The number of fused-ring (bicyclic) bond motifs is 5.